The van der Waals surface area contributed by atoms with Gasteiger partial charge in [0.15, 0.2) is 5.82 Å². The van der Waals surface area contributed by atoms with Gasteiger partial charge in [-0.05, 0) is 12.1 Å². The summed E-state index contributed by atoms with van der Waals surface area (Å²) >= 11 is 0. The predicted molar refractivity (Wildman–Crippen MR) is 79.3 cm³/mol. The molecule has 0 aliphatic carbocycles. The van der Waals surface area contributed by atoms with E-state index in [2.05, 4.69) is 19.9 Å². The molecule has 0 amide bonds. The highest BCUT2D eigenvalue weighted by Crippen LogP contribution is 2.25. The van der Waals surface area contributed by atoms with Gasteiger partial charge in [-0.2, -0.15) is 15.0 Å². The first-order valence-electron chi connectivity index (χ1n) is 6.18. The molecule has 3 rings (SSSR count). The van der Waals surface area contributed by atoms with Crippen LogP contribution >= 0.6 is 0 Å². The molecule has 0 spiro atoms. The fourth-order valence-corrected chi connectivity index (χ4v) is 1.99. The standard InChI is InChI=1S/C14H14N6/c1-20(2)14-18-12(17-13(15)19-14)10-7-3-5-9-6-4-8-16-11(9)10/h3-8H,1-2H3,(H2,15,17,18,19). The number of nitrogens with two attached hydrogens (primary N) is 1. The van der Waals surface area contributed by atoms with E-state index < -0.39 is 0 Å². The number of aromatic nitrogens is 4. The van der Waals surface area contributed by atoms with Crippen LogP contribution in [-0.2, 0) is 0 Å². The van der Waals surface area contributed by atoms with E-state index in [1.165, 1.54) is 0 Å². The largest absolute Gasteiger partial charge is 0.368 e. The van der Waals surface area contributed by atoms with E-state index in [9.17, 15) is 0 Å². The van der Waals surface area contributed by atoms with Gasteiger partial charge in [-0.15, -0.1) is 0 Å². The van der Waals surface area contributed by atoms with Crippen molar-refractivity contribution in [1.29, 1.82) is 0 Å². The van der Waals surface area contributed by atoms with Crippen LogP contribution in [0.15, 0.2) is 36.5 Å². The first kappa shape index (κ1) is 12.3. The molecule has 3 aromatic rings. The highest BCUT2D eigenvalue weighted by Gasteiger charge is 2.11. The Morgan fingerprint density at radius 1 is 1.00 bits per heavy atom. The van der Waals surface area contributed by atoms with Crippen molar-refractivity contribution in [2.24, 2.45) is 0 Å². The minimum Gasteiger partial charge on any atom is -0.368 e. The topological polar surface area (TPSA) is 80.8 Å². The van der Waals surface area contributed by atoms with Crippen molar-refractivity contribution in [3.63, 3.8) is 0 Å². The molecule has 0 saturated heterocycles. The van der Waals surface area contributed by atoms with Gasteiger partial charge in [0.2, 0.25) is 11.9 Å². The lowest BCUT2D eigenvalue weighted by Crippen LogP contribution is -2.15. The molecular formula is C14H14N6. The SMILES string of the molecule is CN(C)c1nc(N)nc(-c2cccc3cccnc23)n1. The predicted octanol–water partition coefficient (Wildman–Crippen LogP) is 1.73. The van der Waals surface area contributed by atoms with Gasteiger partial charge >= 0.3 is 0 Å². The van der Waals surface area contributed by atoms with E-state index in [1.54, 1.807) is 11.1 Å². The summed E-state index contributed by atoms with van der Waals surface area (Å²) in [5, 5.41) is 1.04. The van der Waals surface area contributed by atoms with E-state index in [4.69, 9.17) is 5.73 Å². The van der Waals surface area contributed by atoms with Crippen LogP contribution in [0.5, 0.6) is 0 Å². The van der Waals surface area contributed by atoms with Crippen LogP contribution in [-0.4, -0.2) is 34.0 Å². The van der Waals surface area contributed by atoms with Gasteiger partial charge in [0.05, 0.1) is 5.52 Å². The first-order valence-corrected chi connectivity index (χ1v) is 6.18. The number of pyridine rings is 1. The van der Waals surface area contributed by atoms with E-state index in [1.807, 2.05) is 44.4 Å². The molecule has 1 aromatic carbocycles. The summed E-state index contributed by atoms with van der Waals surface area (Å²) in [6.45, 7) is 0. The van der Waals surface area contributed by atoms with Crippen molar-refractivity contribution in [3.05, 3.63) is 36.5 Å². The summed E-state index contributed by atoms with van der Waals surface area (Å²) in [7, 11) is 3.72. The molecule has 0 fully saturated rings. The summed E-state index contributed by atoms with van der Waals surface area (Å²) in [6, 6.07) is 9.80. The maximum atomic E-state index is 5.77. The molecule has 2 aromatic heterocycles. The third kappa shape index (κ3) is 2.11. The van der Waals surface area contributed by atoms with E-state index in [0.29, 0.717) is 11.8 Å². The fraction of sp³-hybridized carbons (Fsp3) is 0.143. The molecule has 0 bridgehead atoms. The Balaban J connectivity index is 2.25. The maximum Gasteiger partial charge on any atom is 0.230 e. The summed E-state index contributed by atoms with van der Waals surface area (Å²) in [5.41, 5.74) is 7.47. The van der Waals surface area contributed by atoms with Crippen LogP contribution < -0.4 is 10.6 Å². The third-order valence-electron chi connectivity index (χ3n) is 2.91. The van der Waals surface area contributed by atoms with E-state index >= 15 is 0 Å². The summed E-state index contributed by atoms with van der Waals surface area (Å²) in [5.74, 6) is 1.26. The Hall–Kier alpha value is -2.76. The molecule has 100 valence electrons. The Morgan fingerprint density at radius 3 is 2.60 bits per heavy atom. The van der Waals surface area contributed by atoms with Crippen molar-refractivity contribution in [2.45, 2.75) is 0 Å². The second-order valence-electron chi connectivity index (χ2n) is 4.59. The Morgan fingerprint density at radius 2 is 1.80 bits per heavy atom. The number of anilines is 2. The summed E-state index contributed by atoms with van der Waals surface area (Å²) in [4.78, 5) is 19.0. The minimum absolute atomic E-state index is 0.201. The molecule has 6 heteroatoms. The van der Waals surface area contributed by atoms with Crippen molar-refractivity contribution in [3.8, 4) is 11.4 Å². The summed E-state index contributed by atoms with van der Waals surface area (Å²) < 4.78 is 0. The molecule has 2 N–H and O–H groups in total. The molecule has 20 heavy (non-hydrogen) atoms. The van der Waals surface area contributed by atoms with Crippen molar-refractivity contribution >= 4 is 22.8 Å². The number of nitrogens with zero attached hydrogens (tertiary/aromatic N) is 5. The third-order valence-corrected chi connectivity index (χ3v) is 2.91. The zero-order valence-electron chi connectivity index (χ0n) is 11.3. The van der Waals surface area contributed by atoms with Gasteiger partial charge in [0.1, 0.15) is 0 Å². The lowest BCUT2D eigenvalue weighted by atomic mass is 10.1. The molecule has 0 aliphatic heterocycles. The highest BCUT2D eigenvalue weighted by molar-refractivity contribution is 5.91. The molecule has 6 nitrogen and oxygen atoms in total. The van der Waals surface area contributed by atoms with Gasteiger partial charge in [0, 0.05) is 31.2 Å². The average molecular weight is 266 g/mol. The monoisotopic (exact) mass is 266 g/mol. The highest BCUT2D eigenvalue weighted by atomic mass is 15.3. The van der Waals surface area contributed by atoms with Gasteiger partial charge in [-0.3, -0.25) is 4.98 Å². The Bertz CT molecular complexity index is 763. The molecular weight excluding hydrogens is 252 g/mol. The second-order valence-corrected chi connectivity index (χ2v) is 4.59. The Kier molecular flexibility index (Phi) is 2.90. The second kappa shape index (κ2) is 4.73. The smallest absolute Gasteiger partial charge is 0.230 e. The molecule has 0 saturated carbocycles. The number of para-hydroxylation sites is 1. The van der Waals surface area contributed by atoms with Gasteiger partial charge in [-0.25, -0.2) is 0 Å². The van der Waals surface area contributed by atoms with Crippen LogP contribution in [0.1, 0.15) is 0 Å². The quantitative estimate of drug-likeness (QED) is 0.761. The van der Waals surface area contributed by atoms with Crippen LogP contribution in [0, 0.1) is 0 Å². The number of hydrogen-bond donors (Lipinski definition) is 1. The molecule has 0 radical (unpaired) electrons. The van der Waals surface area contributed by atoms with Crippen molar-refractivity contribution in [2.75, 3.05) is 24.7 Å². The van der Waals surface area contributed by atoms with Crippen LogP contribution in [0.25, 0.3) is 22.3 Å². The normalized spacial score (nSPS) is 10.7. The van der Waals surface area contributed by atoms with E-state index in [-0.39, 0.29) is 5.95 Å². The average Bonchev–Trinajstić information content (AvgIpc) is 2.46. The molecule has 2 heterocycles. The van der Waals surface area contributed by atoms with Crippen LogP contribution in [0.2, 0.25) is 0 Å². The van der Waals surface area contributed by atoms with Gasteiger partial charge in [0.25, 0.3) is 0 Å². The van der Waals surface area contributed by atoms with Gasteiger partial charge in [-0.1, -0.05) is 18.2 Å². The van der Waals surface area contributed by atoms with Crippen LogP contribution in [0.4, 0.5) is 11.9 Å². The van der Waals surface area contributed by atoms with Crippen LogP contribution in [0.3, 0.4) is 0 Å². The number of benzene rings is 1. The lowest BCUT2D eigenvalue weighted by Gasteiger charge is -2.12. The fourth-order valence-electron chi connectivity index (χ4n) is 1.99. The van der Waals surface area contributed by atoms with Crippen molar-refractivity contribution < 1.29 is 0 Å². The zero-order chi connectivity index (χ0) is 14.1. The number of nitrogen functional groups attached to an aromatic ring is 1. The number of hydrogen-bond acceptors (Lipinski definition) is 6. The lowest BCUT2D eigenvalue weighted by molar-refractivity contribution is 0.970. The maximum absolute atomic E-state index is 5.77. The first-order chi connectivity index (χ1) is 9.65. The molecule has 0 atom stereocenters. The Labute approximate surface area is 116 Å². The van der Waals surface area contributed by atoms with Crippen molar-refractivity contribution in [1.82, 2.24) is 19.9 Å². The number of fused-ring (bicyclic) bond motifs is 1. The van der Waals surface area contributed by atoms with E-state index in [0.717, 1.165) is 16.5 Å². The number of rotatable bonds is 2. The molecule has 0 unspecified atom stereocenters. The zero-order valence-corrected chi connectivity index (χ0v) is 11.3. The molecule has 0 aliphatic rings. The van der Waals surface area contributed by atoms with Gasteiger partial charge < -0.3 is 10.6 Å². The minimum atomic E-state index is 0.201. The summed E-state index contributed by atoms with van der Waals surface area (Å²) in [6.07, 6.45) is 1.75.